The molecule has 0 aliphatic heterocycles. The van der Waals surface area contributed by atoms with Crippen LogP contribution in [-0.2, 0) is 0 Å². The molecule has 0 aromatic carbocycles. The first-order valence-corrected chi connectivity index (χ1v) is 3.75. The van der Waals surface area contributed by atoms with E-state index in [1.165, 1.54) is 6.20 Å². The Morgan fingerprint density at radius 1 is 1.85 bits per heavy atom. The number of anilines is 1. The molecule has 0 radical (unpaired) electrons. The Labute approximate surface area is 74.7 Å². The Morgan fingerprint density at radius 2 is 2.54 bits per heavy atom. The highest BCUT2D eigenvalue weighted by atomic mass is 16.6. The van der Waals surface area contributed by atoms with E-state index in [0.29, 0.717) is 18.8 Å². The van der Waals surface area contributed by atoms with Crippen LogP contribution in [0, 0.1) is 10.1 Å². The van der Waals surface area contributed by atoms with Gasteiger partial charge in [-0.3, -0.25) is 0 Å². The summed E-state index contributed by atoms with van der Waals surface area (Å²) in [4.78, 5) is 11.6. The van der Waals surface area contributed by atoms with Crippen LogP contribution < -0.4 is 10.6 Å². The van der Waals surface area contributed by atoms with E-state index in [4.69, 9.17) is 5.73 Å². The van der Waals surface area contributed by atoms with E-state index in [9.17, 15) is 10.1 Å². The highest BCUT2D eigenvalue weighted by Crippen LogP contribution is 2.22. The van der Waals surface area contributed by atoms with Gasteiger partial charge in [0, 0.05) is 20.1 Å². The van der Waals surface area contributed by atoms with Crippen molar-refractivity contribution in [2.24, 2.45) is 5.73 Å². The number of likely N-dealkylation sites (N-methyl/N-ethyl adjacent to an activating group) is 1. The van der Waals surface area contributed by atoms with E-state index >= 15 is 0 Å². The zero-order valence-corrected chi connectivity index (χ0v) is 7.23. The van der Waals surface area contributed by atoms with Gasteiger partial charge in [0.25, 0.3) is 0 Å². The Kier molecular flexibility index (Phi) is 2.80. The minimum atomic E-state index is -0.505. The normalized spacial score (nSPS) is 10.0. The first-order chi connectivity index (χ1) is 6.16. The number of nitro groups is 1. The number of aromatic nitrogens is 2. The second-order valence-corrected chi connectivity index (χ2v) is 2.57. The van der Waals surface area contributed by atoms with E-state index in [2.05, 4.69) is 10.2 Å². The summed E-state index contributed by atoms with van der Waals surface area (Å²) in [5, 5.41) is 16.4. The minimum Gasteiger partial charge on any atom is -0.365 e. The van der Waals surface area contributed by atoms with Crippen LogP contribution in [0.3, 0.4) is 0 Å². The van der Waals surface area contributed by atoms with E-state index in [1.54, 1.807) is 11.9 Å². The van der Waals surface area contributed by atoms with Crippen molar-refractivity contribution in [3.8, 4) is 0 Å². The maximum absolute atomic E-state index is 10.5. The van der Waals surface area contributed by atoms with Gasteiger partial charge in [-0.1, -0.05) is 5.10 Å². The Hall–Kier alpha value is -1.63. The molecule has 72 valence electrons. The van der Waals surface area contributed by atoms with Crippen LogP contribution >= 0.6 is 0 Å². The predicted octanol–water partition coefficient (Wildman–Crippen LogP) is -0.287. The fourth-order valence-electron chi connectivity index (χ4n) is 1.00. The second kappa shape index (κ2) is 3.85. The van der Waals surface area contributed by atoms with Crippen molar-refractivity contribution < 1.29 is 4.92 Å². The average molecular weight is 185 g/mol. The third-order valence-electron chi connectivity index (χ3n) is 1.66. The Balaban J connectivity index is 2.86. The molecule has 0 amide bonds. The molecule has 0 spiro atoms. The van der Waals surface area contributed by atoms with Gasteiger partial charge < -0.3 is 20.7 Å². The van der Waals surface area contributed by atoms with Crippen LogP contribution in [0.4, 0.5) is 11.5 Å². The topological polar surface area (TPSA) is 101 Å². The summed E-state index contributed by atoms with van der Waals surface area (Å²) in [6.45, 7) is 0.999. The molecule has 0 saturated carbocycles. The molecule has 1 aromatic rings. The largest absolute Gasteiger partial charge is 0.366 e. The molecule has 0 aliphatic rings. The van der Waals surface area contributed by atoms with Crippen molar-refractivity contribution in [1.82, 2.24) is 10.2 Å². The summed E-state index contributed by atoms with van der Waals surface area (Å²) in [7, 11) is 1.73. The van der Waals surface area contributed by atoms with Crippen molar-refractivity contribution in [3.63, 3.8) is 0 Å². The van der Waals surface area contributed by atoms with Crippen LogP contribution in [0.2, 0.25) is 0 Å². The highest BCUT2D eigenvalue weighted by Gasteiger charge is 2.17. The minimum absolute atomic E-state index is 0.101. The lowest BCUT2D eigenvalue weighted by atomic mass is 10.4. The number of rotatable bonds is 4. The number of hydrogen-bond acceptors (Lipinski definition) is 5. The van der Waals surface area contributed by atoms with E-state index < -0.39 is 4.92 Å². The van der Waals surface area contributed by atoms with Gasteiger partial charge in [-0.15, -0.1) is 5.10 Å². The van der Waals surface area contributed by atoms with Gasteiger partial charge in [0.2, 0.25) is 0 Å². The number of aromatic amines is 1. The molecule has 0 unspecified atom stereocenters. The molecule has 7 heteroatoms. The smallest absolute Gasteiger partial charge is 0.365 e. The van der Waals surface area contributed by atoms with Crippen molar-refractivity contribution in [2.75, 3.05) is 25.0 Å². The van der Waals surface area contributed by atoms with Crippen LogP contribution in [0.25, 0.3) is 0 Å². The van der Waals surface area contributed by atoms with Gasteiger partial charge in [0.1, 0.15) is 6.20 Å². The molecule has 3 N–H and O–H groups in total. The van der Waals surface area contributed by atoms with E-state index in [1.807, 2.05) is 0 Å². The number of hydrogen-bond donors (Lipinski definition) is 2. The monoisotopic (exact) mass is 185 g/mol. The molecular weight excluding hydrogens is 174 g/mol. The zero-order chi connectivity index (χ0) is 9.84. The molecule has 0 fully saturated rings. The summed E-state index contributed by atoms with van der Waals surface area (Å²) in [5.41, 5.74) is 5.77. The summed E-state index contributed by atoms with van der Waals surface area (Å²) in [6.07, 6.45) is 1.41. The molecule has 1 aromatic heterocycles. The van der Waals surface area contributed by atoms with Crippen molar-refractivity contribution >= 4 is 11.5 Å². The standard InChI is InChI=1S/C6H11N5O2/c1-10(3-2-7)5-4-8-9-6(5)11(12)13/h4H,2-3,7H2,1H3,(H,8,9). The van der Waals surface area contributed by atoms with Gasteiger partial charge >= 0.3 is 5.82 Å². The zero-order valence-electron chi connectivity index (χ0n) is 7.23. The second-order valence-electron chi connectivity index (χ2n) is 2.57. The summed E-state index contributed by atoms with van der Waals surface area (Å²) in [5.74, 6) is -0.101. The molecule has 0 bridgehead atoms. The van der Waals surface area contributed by atoms with Gasteiger partial charge in [0.15, 0.2) is 5.69 Å². The number of nitrogens with one attached hydrogen (secondary N) is 1. The van der Waals surface area contributed by atoms with Crippen molar-refractivity contribution in [2.45, 2.75) is 0 Å². The van der Waals surface area contributed by atoms with Crippen molar-refractivity contribution in [1.29, 1.82) is 0 Å². The molecule has 1 heterocycles. The fourth-order valence-corrected chi connectivity index (χ4v) is 1.00. The maximum Gasteiger partial charge on any atom is 0.366 e. The molecule has 13 heavy (non-hydrogen) atoms. The molecule has 0 aliphatic carbocycles. The van der Waals surface area contributed by atoms with Crippen LogP contribution in [0.5, 0.6) is 0 Å². The van der Waals surface area contributed by atoms with Crippen molar-refractivity contribution in [3.05, 3.63) is 16.3 Å². The average Bonchev–Trinajstić information content (AvgIpc) is 2.52. The fraction of sp³-hybridized carbons (Fsp3) is 0.500. The Morgan fingerprint density at radius 3 is 3.08 bits per heavy atom. The van der Waals surface area contributed by atoms with Gasteiger partial charge in [-0.2, -0.15) is 0 Å². The number of nitrogens with two attached hydrogens (primary N) is 1. The molecule has 7 nitrogen and oxygen atoms in total. The van der Waals surface area contributed by atoms with Crippen LogP contribution in [-0.4, -0.2) is 35.3 Å². The van der Waals surface area contributed by atoms with Crippen LogP contribution in [0.1, 0.15) is 0 Å². The van der Waals surface area contributed by atoms with Gasteiger partial charge in [-0.05, 0) is 4.92 Å². The molecule has 0 saturated heterocycles. The lowest BCUT2D eigenvalue weighted by Gasteiger charge is -2.14. The lowest BCUT2D eigenvalue weighted by molar-refractivity contribution is -0.388. The Bertz CT molecular complexity index is 297. The third kappa shape index (κ3) is 1.94. The highest BCUT2D eigenvalue weighted by molar-refractivity contribution is 5.57. The van der Waals surface area contributed by atoms with Crippen LogP contribution in [0.15, 0.2) is 6.20 Å². The SMILES string of the molecule is CN(CCN)c1cn[nH]c1[N+](=O)[O-]. The van der Waals surface area contributed by atoms with Gasteiger partial charge in [0.05, 0.1) is 0 Å². The summed E-state index contributed by atoms with van der Waals surface area (Å²) in [6, 6.07) is 0. The molecule has 1 rings (SSSR count). The first kappa shape index (κ1) is 9.46. The third-order valence-corrected chi connectivity index (χ3v) is 1.66. The predicted molar refractivity (Wildman–Crippen MR) is 47.6 cm³/mol. The summed E-state index contributed by atoms with van der Waals surface area (Å²) >= 11 is 0. The number of H-pyrrole nitrogens is 1. The van der Waals surface area contributed by atoms with Gasteiger partial charge in [-0.25, -0.2) is 0 Å². The molecular formula is C6H11N5O2. The maximum atomic E-state index is 10.5. The molecule has 0 atom stereocenters. The first-order valence-electron chi connectivity index (χ1n) is 3.75. The quantitative estimate of drug-likeness (QED) is 0.496. The van der Waals surface area contributed by atoms with E-state index in [-0.39, 0.29) is 5.82 Å². The lowest BCUT2D eigenvalue weighted by Crippen LogP contribution is -2.25. The number of nitrogens with zero attached hydrogens (tertiary/aromatic N) is 3. The van der Waals surface area contributed by atoms with E-state index in [0.717, 1.165) is 0 Å². The summed E-state index contributed by atoms with van der Waals surface area (Å²) < 4.78 is 0.